The molecule has 3 rings (SSSR count). The molecular weight excluding hydrogens is 422 g/mol. The molecule has 152 valence electrons. The van der Waals surface area contributed by atoms with Gasteiger partial charge in [0.05, 0.1) is 24.9 Å². The number of aromatic nitrogens is 3. The standard InChI is InChI=1S/C19H17Cl2FN4O3/c1-10-17(18(28)13-5-4-12(20)7-14(13)22)26-19(23-10)11(6-15(21)24-26)8-25(2)9-16(27)29-3/h4-7H,8-9H2,1-3H3. The Morgan fingerprint density at radius 1 is 1.28 bits per heavy atom. The molecule has 0 unspecified atom stereocenters. The van der Waals surface area contributed by atoms with E-state index in [2.05, 4.69) is 14.8 Å². The third-order valence-electron chi connectivity index (χ3n) is 4.26. The van der Waals surface area contributed by atoms with Crippen molar-refractivity contribution in [3.8, 4) is 0 Å². The number of carbonyl (C=O) groups is 2. The molecule has 29 heavy (non-hydrogen) atoms. The van der Waals surface area contributed by atoms with Crippen molar-refractivity contribution in [1.82, 2.24) is 19.5 Å². The molecule has 0 aliphatic rings. The molecule has 0 aliphatic carbocycles. The lowest BCUT2D eigenvalue weighted by Crippen LogP contribution is -2.26. The second-order valence-corrected chi connectivity index (χ2v) is 7.30. The van der Waals surface area contributed by atoms with Gasteiger partial charge >= 0.3 is 5.97 Å². The average molecular weight is 439 g/mol. The number of hydrogen-bond acceptors (Lipinski definition) is 6. The van der Waals surface area contributed by atoms with Crippen LogP contribution in [0.4, 0.5) is 4.39 Å². The maximum atomic E-state index is 14.3. The van der Waals surface area contributed by atoms with Crippen molar-refractivity contribution in [2.75, 3.05) is 20.7 Å². The molecule has 0 aliphatic heterocycles. The van der Waals surface area contributed by atoms with Crippen LogP contribution in [-0.4, -0.2) is 52.0 Å². The minimum absolute atomic E-state index is 0.0596. The number of esters is 1. The summed E-state index contributed by atoms with van der Waals surface area (Å²) in [5.74, 6) is -1.72. The zero-order chi connectivity index (χ0) is 21.3. The fourth-order valence-electron chi connectivity index (χ4n) is 2.97. The van der Waals surface area contributed by atoms with Gasteiger partial charge in [-0.1, -0.05) is 23.2 Å². The number of methoxy groups -OCH3 is 1. The van der Waals surface area contributed by atoms with Crippen molar-refractivity contribution in [2.45, 2.75) is 13.5 Å². The van der Waals surface area contributed by atoms with Crippen molar-refractivity contribution >= 4 is 40.6 Å². The monoisotopic (exact) mass is 438 g/mol. The molecule has 1 aromatic carbocycles. The largest absolute Gasteiger partial charge is 0.468 e. The number of imidazole rings is 1. The quantitative estimate of drug-likeness (QED) is 0.433. The van der Waals surface area contributed by atoms with E-state index in [0.717, 1.165) is 6.07 Å². The maximum absolute atomic E-state index is 14.3. The highest BCUT2D eigenvalue weighted by molar-refractivity contribution is 6.30. The van der Waals surface area contributed by atoms with E-state index < -0.39 is 17.6 Å². The summed E-state index contributed by atoms with van der Waals surface area (Å²) in [5.41, 5.74) is 1.36. The molecule has 10 heteroatoms. The summed E-state index contributed by atoms with van der Waals surface area (Å²) < 4.78 is 20.2. The summed E-state index contributed by atoms with van der Waals surface area (Å²) in [6.45, 7) is 2.00. The number of ketones is 1. The highest BCUT2D eigenvalue weighted by atomic mass is 35.5. The summed E-state index contributed by atoms with van der Waals surface area (Å²) in [6, 6.07) is 5.42. The average Bonchev–Trinajstić information content (AvgIpc) is 2.97. The van der Waals surface area contributed by atoms with Gasteiger partial charge in [-0.3, -0.25) is 14.5 Å². The molecule has 0 radical (unpaired) electrons. The summed E-state index contributed by atoms with van der Waals surface area (Å²) in [5, 5.41) is 4.49. The van der Waals surface area contributed by atoms with Gasteiger partial charge in [0.25, 0.3) is 0 Å². The first-order valence-electron chi connectivity index (χ1n) is 8.51. The number of fused-ring (bicyclic) bond motifs is 1. The van der Waals surface area contributed by atoms with Crippen LogP contribution < -0.4 is 0 Å². The summed E-state index contributed by atoms with van der Waals surface area (Å²) in [6.07, 6.45) is 0. The molecule has 0 N–H and O–H groups in total. The van der Waals surface area contributed by atoms with Crippen LogP contribution in [0.5, 0.6) is 0 Å². The van der Waals surface area contributed by atoms with Gasteiger partial charge in [0.1, 0.15) is 11.5 Å². The van der Waals surface area contributed by atoms with E-state index in [0.29, 0.717) is 23.4 Å². The fourth-order valence-corrected chi connectivity index (χ4v) is 3.33. The highest BCUT2D eigenvalue weighted by Gasteiger charge is 2.24. The van der Waals surface area contributed by atoms with Crippen LogP contribution in [0.2, 0.25) is 10.2 Å². The predicted molar refractivity (Wildman–Crippen MR) is 106 cm³/mol. The van der Waals surface area contributed by atoms with Crippen LogP contribution in [0.1, 0.15) is 27.3 Å². The molecule has 0 fully saturated rings. The van der Waals surface area contributed by atoms with E-state index >= 15 is 0 Å². The molecule has 0 bridgehead atoms. The normalized spacial score (nSPS) is 11.3. The van der Waals surface area contributed by atoms with Gasteiger partial charge < -0.3 is 4.74 Å². The Hall–Kier alpha value is -2.55. The van der Waals surface area contributed by atoms with Crippen LogP contribution in [-0.2, 0) is 16.1 Å². The van der Waals surface area contributed by atoms with E-state index in [4.69, 9.17) is 23.2 Å². The molecule has 2 aromatic heterocycles. The first kappa shape index (κ1) is 21.2. The van der Waals surface area contributed by atoms with E-state index in [1.807, 2.05) is 0 Å². The second-order valence-electron chi connectivity index (χ2n) is 6.48. The van der Waals surface area contributed by atoms with Crippen molar-refractivity contribution < 1.29 is 18.7 Å². The van der Waals surface area contributed by atoms with Gasteiger partial charge in [-0.15, -0.1) is 0 Å². The topological polar surface area (TPSA) is 76.8 Å². The molecule has 2 heterocycles. The van der Waals surface area contributed by atoms with E-state index in [-0.39, 0.29) is 28.0 Å². The van der Waals surface area contributed by atoms with Gasteiger partial charge in [0.2, 0.25) is 5.78 Å². The summed E-state index contributed by atoms with van der Waals surface area (Å²) in [7, 11) is 3.04. The molecular formula is C19H17Cl2FN4O3. The van der Waals surface area contributed by atoms with Gasteiger partial charge in [0, 0.05) is 17.1 Å². The number of nitrogens with zero attached hydrogens (tertiary/aromatic N) is 4. The van der Waals surface area contributed by atoms with Crippen molar-refractivity contribution in [2.24, 2.45) is 0 Å². The molecule has 0 amide bonds. The SMILES string of the molecule is COC(=O)CN(C)Cc1cc(Cl)nn2c(C(=O)c3ccc(Cl)cc3F)c(C)nc12. The first-order chi connectivity index (χ1) is 13.7. The smallest absolute Gasteiger partial charge is 0.319 e. The third-order valence-corrected chi connectivity index (χ3v) is 4.68. The van der Waals surface area contributed by atoms with E-state index in [1.165, 1.54) is 23.8 Å². The molecule has 3 aromatic rings. The Morgan fingerprint density at radius 3 is 2.66 bits per heavy atom. The number of carbonyl (C=O) groups excluding carboxylic acids is 2. The van der Waals surface area contributed by atoms with Crippen LogP contribution in [0.3, 0.4) is 0 Å². The fraction of sp³-hybridized carbons (Fsp3) is 0.263. The van der Waals surface area contributed by atoms with Crippen LogP contribution in [0.25, 0.3) is 5.65 Å². The van der Waals surface area contributed by atoms with Crippen LogP contribution >= 0.6 is 23.2 Å². The Bertz CT molecular complexity index is 1120. The number of benzene rings is 1. The minimum atomic E-state index is -0.739. The van der Waals surface area contributed by atoms with Crippen molar-refractivity contribution in [3.63, 3.8) is 0 Å². The van der Waals surface area contributed by atoms with Gasteiger partial charge in [0.15, 0.2) is 10.8 Å². The Balaban J connectivity index is 2.06. The zero-order valence-electron chi connectivity index (χ0n) is 15.9. The number of likely N-dealkylation sites (N-methyl/N-ethyl adjacent to an activating group) is 1. The van der Waals surface area contributed by atoms with Crippen LogP contribution in [0.15, 0.2) is 24.3 Å². The zero-order valence-corrected chi connectivity index (χ0v) is 17.4. The first-order valence-corrected chi connectivity index (χ1v) is 9.26. The van der Waals surface area contributed by atoms with Gasteiger partial charge in [-0.25, -0.2) is 13.9 Å². The predicted octanol–water partition coefficient (Wildman–Crippen LogP) is 3.32. The van der Waals surface area contributed by atoms with Gasteiger partial charge in [-0.05, 0) is 38.2 Å². The minimum Gasteiger partial charge on any atom is -0.468 e. The number of hydrogen-bond donors (Lipinski definition) is 0. The molecule has 0 saturated carbocycles. The lowest BCUT2D eigenvalue weighted by molar-refractivity contribution is -0.141. The molecule has 7 nitrogen and oxygen atoms in total. The lowest BCUT2D eigenvalue weighted by atomic mass is 10.1. The van der Waals surface area contributed by atoms with Crippen molar-refractivity contribution in [1.29, 1.82) is 0 Å². The van der Waals surface area contributed by atoms with Gasteiger partial charge in [-0.2, -0.15) is 5.10 Å². The van der Waals surface area contributed by atoms with Crippen LogP contribution in [0, 0.1) is 12.7 Å². The highest BCUT2D eigenvalue weighted by Crippen LogP contribution is 2.23. The number of rotatable bonds is 6. The van der Waals surface area contributed by atoms with E-state index in [9.17, 15) is 14.0 Å². The summed E-state index contributed by atoms with van der Waals surface area (Å²) in [4.78, 5) is 30.6. The maximum Gasteiger partial charge on any atom is 0.319 e. The number of aryl methyl sites for hydroxylation is 1. The molecule has 0 saturated heterocycles. The molecule has 0 atom stereocenters. The van der Waals surface area contributed by atoms with E-state index in [1.54, 1.807) is 24.9 Å². The number of halogens is 3. The second kappa shape index (κ2) is 8.44. The Kier molecular flexibility index (Phi) is 6.16. The summed E-state index contributed by atoms with van der Waals surface area (Å²) >= 11 is 11.9. The lowest BCUT2D eigenvalue weighted by Gasteiger charge is -2.15. The number of ether oxygens (including phenoxy) is 1. The Labute approximate surface area is 176 Å². The van der Waals surface area contributed by atoms with Crippen molar-refractivity contribution in [3.05, 3.63) is 62.8 Å². The third kappa shape index (κ3) is 4.39. The molecule has 0 spiro atoms. The Morgan fingerprint density at radius 2 is 2.00 bits per heavy atom.